The van der Waals surface area contributed by atoms with Crippen LogP contribution in [0.25, 0.3) is 0 Å². The summed E-state index contributed by atoms with van der Waals surface area (Å²) in [7, 11) is 1.88. The van der Waals surface area contributed by atoms with Crippen LogP contribution < -0.4 is 5.32 Å². The van der Waals surface area contributed by atoms with Crippen LogP contribution in [0.3, 0.4) is 0 Å². The molecule has 2 nitrogen and oxygen atoms in total. The molecular weight excluding hydrogens is 222 g/mol. The topological polar surface area (TPSA) is 15.3 Å². The van der Waals surface area contributed by atoms with Gasteiger partial charge in [-0.15, -0.1) is 0 Å². The molecule has 1 N–H and O–H groups in total. The SMILES string of the molecule is CNC1CCN(CC(F)(F)c2ccccc2)C1. The molecule has 1 aromatic rings. The van der Waals surface area contributed by atoms with Gasteiger partial charge >= 0.3 is 0 Å². The number of hydrogen-bond donors (Lipinski definition) is 1. The third-order valence-corrected chi connectivity index (χ3v) is 3.30. The molecule has 0 amide bonds. The average molecular weight is 240 g/mol. The minimum atomic E-state index is -2.76. The van der Waals surface area contributed by atoms with Crippen molar-refractivity contribution in [1.82, 2.24) is 10.2 Å². The molecule has 0 bridgehead atoms. The molecule has 0 spiro atoms. The molecule has 0 aliphatic carbocycles. The van der Waals surface area contributed by atoms with E-state index in [4.69, 9.17) is 0 Å². The number of rotatable bonds is 4. The van der Waals surface area contributed by atoms with Gasteiger partial charge in [0.2, 0.25) is 0 Å². The third-order valence-electron chi connectivity index (χ3n) is 3.30. The Hall–Kier alpha value is -1.00. The molecule has 2 rings (SSSR count). The molecule has 1 aromatic carbocycles. The van der Waals surface area contributed by atoms with Gasteiger partial charge in [-0.3, -0.25) is 4.90 Å². The minimum Gasteiger partial charge on any atom is -0.316 e. The van der Waals surface area contributed by atoms with Crippen molar-refractivity contribution < 1.29 is 8.78 Å². The number of alkyl halides is 2. The lowest BCUT2D eigenvalue weighted by molar-refractivity contribution is -0.0331. The lowest BCUT2D eigenvalue weighted by Crippen LogP contribution is -2.36. The quantitative estimate of drug-likeness (QED) is 0.866. The molecule has 0 aromatic heterocycles. The van der Waals surface area contributed by atoms with E-state index < -0.39 is 5.92 Å². The molecule has 0 radical (unpaired) electrons. The number of hydrogen-bond acceptors (Lipinski definition) is 2. The first-order chi connectivity index (χ1) is 8.12. The average Bonchev–Trinajstić information content (AvgIpc) is 2.77. The number of benzene rings is 1. The second-order valence-electron chi connectivity index (χ2n) is 4.58. The predicted molar refractivity (Wildman–Crippen MR) is 64.2 cm³/mol. The molecule has 0 saturated carbocycles. The Labute approximate surface area is 101 Å². The van der Waals surface area contributed by atoms with Crippen LogP contribution in [0.4, 0.5) is 8.78 Å². The summed E-state index contributed by atoms with van der Waals surface area (Å²) in [5, 5.41) is 3.13. The molecule has 94 valence electrons. The first kappa shape index (κ1) is 12.5. The summed E-state index contributed by atoms with van der Waals surface area (Å²) < 4.78 is 28.0. The number of likely N-dealkylation sites (tertiary alicyclic amines) is 1. The summed E-state index contributed by atoms with van der Waals surface area (Å²) in [6.07, 6.45) is 0.946. The molecule has 1 aliphatic heterocycles. The van der Waals surface area contributed by atoms with Crippen molar-refractivity contribution in [2.24, 2.45) is 0 Å². The lowest BCUT2D eigenvalue weighted by Gasteiger charge is -2.23. The largest absolute Gasteiger partial charge is 0.316 e. The van der Waals surface area contributed by atoms with E-state index in [1.54, 1.807) is 18.2 Å². The normalized spacial score (nSPS) is 21.9. The summed E-state index contributed by atoms with van der Waals surface area (Å²) in [5.41, 5.74) is 0.105. The van der Waals surface area contributed by atoms with Gasteiger partial charge in [0.05, 0.1) is 6.54 Å². The van der Waals surface area contributed by atoms with Crippen LogP contribution in [0.2, 0.25) is 0 Å². The molecule has 1 unspecified atom stereocenters. The van der Waals surface area contributed by atoms with Crippen LogP contribution in [-0.4, -0.2) is 37.6 Å². The van der Waals surface area contributed by atoms with Gasteiger partial charge in [-0.2, -0.15) is 8.78 Å². The van der Waals surface area contributed by atoms with E-state index in [1.165, 1.54) is 12.1 Å². The van der Waals surface area contributed by atoms with Gasteiger partial charge in [0.15, 0.2) is 0 Å². The van der Waals surface area contributed by atoms with E-state index in [-0.39, 0.29) is 12.1 Å². The molecule has 1 heterocycles. The Balaban J connectivity index is 1.98. The first-order valence-corrected chi connectivity index (χ1v) is 5.95. The van der Waals surface area contributed by atoms with Gasteiger partial charge in [0, 0.05) is 18.2 Å². The maximum Gasteiger partial charge on any atom is 0.285 e. The van der Waals surface area contributed by atoms with Crippen molar-refractivity contribution in [2.45, 2.75) is 18.4 Å². The number of halogens is 2. The van der Waals surface area contributed by atoms with Crippen molar-refractivity contribution in [3.8, 4) is 0 Å². The molecule has 1 atom stereocenters. The van der Waals surface area contributed by atoms with Gasteiger partial charge in [-0.1, -0.05) is 30.3 Å². The van der Waals surface area contributed by atoms with Gasteiger partial charge in [0.1, 0.15) is 0 Å². The molecule has 4 heteroatoms. The van der Waals surface area contributed by atoms with E-state index in [0.717, 1.165) is 13.0 Å². The highest BCUT2D eigenvalue weighted by molar-refractivity contribution is 5.20. The Kier molecular flexibility index (Phi) is 3.74. The zero-order valence-corrected chi connectivity index (χ0v) is 10.00. The van der Waals surface area contributed by atoms with E-state index >= 15 is 0 Å². The van der Waals surface area contributed by atoms with Gasteiger partial charge < -0.3 is 5.32 Å². The number of likely N-dealkylation sites (N-methyl/N-ethyl adjacent to an activating group) is 1. The summed E-state index contributed by atoms with van der Waals surface area (Å²) in [6.45, 7) is 1.27. The Morgan fingerprint density at radius 1 is 1.35 bits per heavy atom. The highest BCUT2D eigenvalue weighted by Gasteiger charge is 2.35. The molecular formula is C13H18F2N2. The molecule has 17 heavy (non-hydrogen) atoms. The Morgan fingerprint density at radius 2 is 2.06 bits per heavy atom. The predicted octanol–water partition coefficient (Wildman–Crippen LogP) is 2.07. The third kappa shape index (κ3) is 3.01. The van der Waals surface area contributed by atoms with Crippen molar-refractivity contribution in [2.75, 3.05) is 26.7 Å². The number of nitrogens with one attached hydrogen (secondary N) is 1. The van der Waals surface area contributed by atoms with Crippen molar-refractivity contribution >= 4 is 0 Å². The van der Waals surface area contributed by atoms with E-state index in [9.17, 15) is 8.78 Å². The fraction of sp³-hybridized carbons (Fsp3) is 0.538. The minimum absolute atomic E-state index is 0.105. The first-order valence-electron chi connectivity index (χ1n) is 5.95. The molecule has 1 fully saturated rings. The van der Waals surface area contributed by atoms with Crippen molar-refractivity contribution in [1.29, 1.82) is 0 Å². The second-order valence-corrected chi connectivity index (χ2v) is 4.58. The zero-order valence-electron chi connectivity index (χ0n) is 10.00. The summed E-state index contributed by atoms with van der Waals surface area (Å²) in [6, 6.07) is 8.40. The van der Waals surface area contributed by atoms with Crippen molar-refractivity contribution in [3.05, 3.63) is 35.9 Å². The van der Waals surface area contributed by atoms with Crippen LogP contribution in [0, 0.1) is 0 Å². The van der Waals surface area contributed by atoms with Gasteiger partial charge in [-0.25, -0.2) is 0 Å². The highest BCUT2D eigenvalue weighted by Crippen LogP contribution is 2.29. The van der Waals surface area contributed by atoms with E-state index in [2.05, 4.69) is 5.32 Å². The van der Waals surface area contributed by atoms with Crippen LogP contribution in [0.15, 0.2) is 30.3 Å². The van der Waals surface area contributed by atoms with Gasteiger partial charge in [0.25, 0.3) is 5.92 Å². The summed E-state index contributed by atoms with van der Waals surface area (Å²) >= 11 is 0. The molecule has 1 saturated heterocycles. The Morgan fingerprint density at radius 3 is 2.65 bits per heavy atom. The van der Waals surface area contributed by atoms with Gasteiger partial charge in [-0.05, 0) is 20.0 Å². The second kappa shape index (κ2) is 5.10. The van der Waals surface area contributed by atoms with Crippen LogP contribution in [0.5, 0.6) is 0 Å². The van der Waals surface area contributed by atoms with E-state index in [1.807, 2.05) is 11.9 Å². The van der Waals surface area contributed by atoms with Crippen LogP contribution >= 0.6 is 0 Å². The summed E-state index contributed by atoms with van der Waals surface area (Å²) in [5.74, 6) is -2.76. The van der Waals surface area contributed by atoms with Crippen LogP contribution in [-0.2, 0) is 5.92 Å². The monoisotopic (exact) mass is 240 g/mol. The summed E-state index contributed by atoms with van der Waals surface area (Å²) in [4.78, 5) is 1.83. The maximum absolute atomic E-state index is 14.0. The fourth-order valence-electron chi connectivity index (χ4n) is 2.27. The van der Waals surface area contributed by atoms with Crippen LogP contribution in [0.1, 0.15) is 12.0 Å². The highest BCUT2D eigenvalue weighted by atomic mass is 19.3. The van der Waals surface area contributed by atoms with Crippen molar-refractivity contribution in [3.63, 3.8) is 0 Å². The maximum atomic E-state index is 14.0. The Bertz CT molecular complexity index is 354. The van der Waals surface area contributed by atoms with E-state index in [0.29, 0.717) is 12.6 Å². The standard InChI is InChI=1S/C13H18F2N2/c1-16-12-7-8-17(9-12)10-13(14,15)11-5-3-2-4-6-11/h2-6,12,16H,7-10H2,1H3. The zero-order chi connectivity index (χ0) is 12.3. The molecule has 1 aliphatic rings. The fourth-order valence-corrected chi connectivity index (χ4v) is 2.27. The lowest BCUT2D eigenvalue weighted by atomic mass is 10.1. The number of nitrogens with zero attached hydrogens (tertiary/aromatic N) is 1. The smallest absolute Gasteiger partial charge is 0.285 e.